The zero-order valence-corrected chi connectivity index (χ0v) is 14.1. The molecule has 2 N–H and O–H groups in total. The molecule has 1 aromatic carbocycles. The molecular formula is C17H22ClF3N2O. The van der Waals surface area contributed by atoms with Crippen molar-refractivity contribution in [1.29, 1.82) is 0 Å². The highest BCUT2D eigenvalue weighted by molar-refractivity contribution is 5.85. The van der Waals surface area contributed by atoms with Crippen LogP contribution in [-0.2, 0) is 17.5 Å². The van der Waals surface area contributed by atoms with Crippen LogP contribution in [0.1, 0.15) is 43.2 Å². The standard InChI is InChI=1S/C17H21F3N2O.ClH/c18-17(19,20)13-3-1-11(2-4-13)10-21-16(23)9-12-7-14-5-6-15(8-12)22-14;/h1-4,12,14-15,22H,5-10H2,(H,21,23);1H. The molecule has 1 aromatic rings. The maximum atomic E-state index is 12.5. The van der Waals surface area contributed by atoms with Gasteiger partial charge in [0.2, 0.25) is 5.91 Å². The van der Waals surface area contributed by atoms with E-state index < -0.39 is 11.7 Å². The summed E-state index contributed by atoms with van der Waals surface area (Å²) < 4.78 is 37.5. The van der Waals surface area contributed by atoms with Gasteiger partial charge < -0.3 is 10.6 Å². The van der Waals surface area contributed by atoms with Gasteiger partial charge in [0.1, 0.15) is 0 Å². The van der Waals surface area contributed by atoms with Crippen molar-refractivity contribution < 1.29 is 18.0 Å². The van der Waals surface area contributed by atoms with Crippen LogP contribution in [-0.4, -0.2) is 18.0 Å². The van der Waals surface area contributed by atoms with E-state index in [1.165, 1.54) is 25.0 Å². The maximum absolute atomic E-state index is 12.5. The Balaban J connectivity index is 0.00000208. The molecule has 2 atom stereocenters. The molecule has 2 heterocycles. The highest BCUT2D eigenvalue weighted by atomic mass is 35.5. The van der Waals surface area contributed by atoms with Gasteiger partial charge in [-0.15, -0.1) is 12.4 Å². The number of alkyl halides is 3. The smallest absolute Gasteiger partial charge is 0.352 e. The van der Waals surface area contributed by atoms with Gasteiger partial charge in [-0.25, -0.2) is 0 Å². The lowest BCUT2D eigenvalue weighted by molar-refractivity contribution is -0.137. The van der Waals surface area contributed by atoms with Gasteiger partial charge in [0.05, 0.1) is 5.56 Å². The van der Waals surface area contributed by atoms with Gasteiger partial charge >= 0.3 is 6.18 Å². The van der Waals surface area contributed by atoms with E-state index in [-0.39, 0.29) is 24.9 Å². The van der Waals surface area contributed by atoms with Crippen LogP contribution in [0.5, 0.6) is 0 Å². The summed E-state index contributed by atoms with van der Waals surface area (Å²) in [6.07, 6.45) is 0.683. The number of carbonyl (C=O) groups excluding carboxylic acids is 1. The lowest BCUT2D eigenvalue weighted by Gasteiger charge is -2.28. The number of rotatable bonds is 4. The average molecular weight is 363 g/mol. The molecule has 7 heteroatoms. The fraction of sp³-hybridized carbons (Fsp3) is 0.588. The predicted molar refractivity (Wildman–Crippen MR) is 87.8 cm³/mol. The summed E-state index contributed by atoms with van der Waals surface area (Å²) in [5.74, 6) is 0.401. The molecule has 3 nitrogen and oxygen atoms in total. The van der Waals surface area contributed by atoms with Crippen LogP contribution in [0, 0.1) is 5.92 Å². The second-order valence-corrected chi connectivity index (χ2v) is 6.65. The number of carbonyl (C=O) groups is 1. The van der Waals surface area contributed by atoms with E-state index in [1.54, 1.807) is 0 Å². The van der Waals surface area contributed by atoms with Crippen LogP contribution in [0.2, 0.25) is 0 Å². The topological polar surface area (TPSA) is 41.1 Å². The molecule has 24 heavy (non-hydrogen) atoms. The molecule has 0 aromatic heterocycles. The van der Waals surface area contributed by atoms with Gasteiger partial charge in [-0.3, -0.25) is 4.79 Å². The molecule has 0 saturated carbocycles. The number of nitrogens with one attached hydrogen (secondary N) is 2. The van der Waals surface area contributed by atoms with Gasteiger partial charge in [0, 0.05) is 25.0 Å². The summed E-state index contributed by atoms with van der Waals surface area (Å²) in [7, 11) is 0. The minimum Gasteiger partial charge on any atom is -0.352 e. The number of fused-ring (bicyclic) bond motifs is 2. The molecule has 2 bridgehead atoms. The lowest BCUT2D eigenvalue weighted by atomic mass is 9.89. The number of piperidine rings is 1. The first kappa shape index (κ1) is 19.1. The maximum Gasteiger partial charge on any atom is 0.416 e. The summed E-state index contributed by atoms with van der Waals surface area (Å²) in [6.45, 7) is 0.273. The average Bonchev–Trinajstić information content (AvgIpc) is 2.83. The van der Waals surface area contributed by atoms with Crippen molar-refractivity contribution in [2.24, 2.45) is 5.92 Å². The third-order valence-corrected chi connectivity index (χ3v) is 4.82. The van der Waals surface area contributed by atoms with Crippen LogP contribution >= 0.6 is 12.4 Å². The first-order valence-corrected chi connectivity index (χ1v) is 8.09. The zero-order valence-electron chi connectivity index (χ0n) is 13.2. The number of hydrogen-bond donors (Lipinski definition) is 2. The quantitative estimate of drug-likeness (QED) is 0.858. The summed E-state index contributed by atoms with van der Waals surface area (Å²) in [6, 6.07) is 6.03. The monoisotopic (exact) mass is 362 g/mol. The Morgan fingerprint density at radius 2 is 1.71 bits per heavy atom. The van der Waals surface area contributed by atoms with Crippen molar-refractivity contribution in [3.8, 4) is 0 Å². The van der Waals surface area contributed by atoms with Crippen molar-refractivity contribution in [3.05, 3.63) is 35.4 Å². The normalized spacial score (nSPS) is 25.9. The van der Waals surface area contributed by atoms with E-state index in [2.05, 4.69) is 10.6 Å². The molecule has 2 fully saturated rings. The van der Waals surface area contributed by atoms with E-state index in [0.29, 0.717) is 30.0 Å². The molecule has 0 radical (unpaired) electrons. The fourth-order valence-corrected chi connectivity index (χ4v) is 3.69. The molecule has 0 spiro atoms. The third kappa shape index (κ3) is 4.86. The Labute approximate surface area is 145 Å². The molecule has 2 aliphatic rings. The van der Waals surface area contributed by atoms with E-state index in [1.807, 2.05) is 0 Å². The SMILES string of the molecule is Cl.O=C(CC1CC2CCC(C1)N2)NCc1ccc(C(F)(F)F)cc1. The largest absolute Gasteiger partial charge is 0.416 e. The van der Waals surface area contributed by atoms with Gasteiger partial charge in [0.15, 0.2) is 0 Å². The van der Waals surface area contributed by atoms with Crippen molar-refractivity contribution in [2.75, 3.05) is 0 Å². The molecule has 3 rings (SSSR count). The summed E-state index contributed by atoms with van der Waals surface area (Å²) in [4.78, 5) is 12.0. The summed E-state index contributed by atoms with van der Waals surface area (Å²) >= 11 is 0. The third-order valence-electron chi connectivity index (χ3n) is 4.82. The second-order valence-electron chi connectivity index (χ2n) is 6.65. The van der Waals surface area contributed by atoms with Crippen molar-refractivity contribution in [3.63, 3.8) is 0 Å². The van der Waals surface area contributed by atoms with E-state index in [4.69, 9.17) is 0 Å². The van der Waals surface area contributed by atoms with Crippen LogP contribution < -0.4 is 10.6 Å². The highest BCUT2D eigenvalue weighted by Gasteiger charge is 2.34. The Bertz CT molecular complexity index is 550. The molecule has 2 saturated heterocycles. The molecule has 0 aliphatic carbocycles. The Morgan fingerprint density at radius 3 is 2.25 bits per heavy atom. The van der Waals surface area contributed by atoms with Gasteiger partial charge in [-0.2, -0.15) is 13.2 Å². The highest BCUT2D eigenvalue weighted by Crippen LogP contribution is 2.32. The van der Waals surface area contributed by atoms with Gasteiger partial charge in [-0.05, 0) is 49.3 Å². The van der Waals surface area contributed by atoms with Crippen LogP contribution in [0.25, 0.3) is 0 Å². The predicted octanol–water partition coefficient (Wildman–Crippen LogP) is 3.66. The van der Waals surface area contributed by atoms with Crippen LogP contribution in [0.15, 0.2) is 24.3 Å². The molecule has 2 unspecified atom stereocenters. The van der Waals surface area contributed by atoms with E-state index in [9.17, 15) is 18.0 Å². The molecule has 1 amide bonds. The van der Waals surface area contributed by atoms with E-state index in [0.717, 1.165) is 25.0 Å². The van der Waals surface area contributed by atoms with Crippen molar-refractivity contribution in [2.45, 2.75) is 56.9 Å². The summed E-state index contributed by atoms with van der Waals surface area (Å²) in [5.41, 5.74) is 0.00878. The number of amides is 1. The van der Waals surface area contributed by atoms with Crippen LogP contribution in [0.4, 0.5) is 13.2 Å². The first-order chi connectivity index (χ1) is 10.9. The van der Waals surface area contributed by atoms with Crippen LogP contribution in [0.3, 0.4) is 0 Å². The number of halogens is 4. The van der Waals surface area contributed by atoms with E-state index >= 15 is 0 Å². The minimum atomic E-state index is -4.32. The Kier molecular flexibility index (Phi) is 6.15. The number of hydrogen-bond acceptors (Lipinski definition) is 2. The molecule has 134 valence electrons. The first-order valence-electron chi connectivity index (χ1n) is 8.09. The van der Waals surface area contributed by atoms with Crippen molar-refractivity contribution in [1.82, 2.24) is 10.6 Å². The lowest BCUT2D eigenvalue weighted by Crippen LogP contribution is -2.39. The van der Waals surface area contributed by atoms with Gasteiger partial charge in [-0.1, -0.05) is 12.1 Å². The van der Waals surface area contributed by atoms with Gasteiger partial charge in [0.25, 0.3) is 0 Å². The Hall–Kier alpha value is -1.27. The van der Waals surface area contributed by atoms with Crippen molar-refractivity contribution >= 4 is 18.3 Å². The second kappa shape index (κ2) is 7.74. The molecule has 2 aliphatic heterocycles. The minimum absolute atomic E-state index is 0. The fourth-order valence-electron chi connectivity index (χ4n) is 3.69. The summed E-state index contributed by atoms with van der Waals surface area (Å²) in [5, 5.41) is 6.36. The zero-order chi connectivity index (χ0) is 16.4. The Morgan fingerprint density at radius 1 is 1.12 bits per heavy atom. The number of benzene rings is 1. The molecular weight excluding hydrogens is 341 g/mol.